The molecule has 0 aromatic carbocycles. The number of hydrogen-bond donors (Lipinski definition) is 2. The van der Waals surface area contributed by atoms with E-state index in [1.807, 2.05) is 0 Å². The molecule has 0 aromatic rings. The van der Waals surface area contributed by atoms with Gasteiger partial charge in [0.25, 0.3) is 0 Å². The average Bonchev–Trinajstić information content (AvgIpc) is 2.67. The van der Waals surface area contributed by atoms with Crippen molar-refractivity contribution in [3.8, 4) is 0 Å². The number of nitrogens with one attached hydrogen (secondary N) is 1. The summed E-state index contributed by atoms with van der Waals surface area (Å²) in [7, 11) is -7.89. The van der Waals surface area contributed by atoms with E-state index in [-0.39, 0.29) is 0 Å². The summed E-state index contributed by atoms with van der Waals surface area (Å²) in [6.45, 7) is 2.50. The fourth-order valence-electron chi connectivity index (χ4n) is 2.11. The maximum Gasteiger partial charge on any atom is 0.460 e. The van der Waals surface area contributed by atoms with Crippen molar-refractivity contribution in [1.82, 2.24) is 5.32 Å². The van der Waals surface area contributed by atoms with Crippen LogP contribution in [-0.4, -0.2) is 73.0 Å². The van der Waals surface area contributed by atoms with E-state index >= 15 is 0 Å². The zero-order valence-corrected chi connectivity index (χ0v) is 16.9. The Balaban J connectivity index is 0.00000166. The number of hydrogen-bond acceptors (Lipinski definition) is 3. The van der Waals surface area contributed by atoms with Crippen molar-refractivity contribution in [3.05, 3.63) is 0 Å². The fraction of sp³-hybridized carbons (Fsp3) is 1.00. The first kappa shape index (κ1) is 33.7. The van der Waals surface area contributed by atoms with Crippen LogP contribution in [0.2, 0.25) is 0 Å². The van der Waals surface area contributed by atoms with Gasteiger partial charge in [0.1, 0.15) is 0 Å². The van der Waals surface area contributed by atoms with Gasteiger partial charge < -0.3 is 5.32 Å². The van der Waals surface area contributed by atoms with E-state index in [4.69, 9.17) is 4.55 Å². The molecule has 212 valence electrons. The highest BCUT2D eigenvalue weighted by molar-refractivity contribution is 7.87. The molecule has 0 bridgehead atoms. The largest absolute Gasteiger partial charge is 0.460 e. The van der Waals surface area contributed by atoms with Crippen LogP contribution in [0.4, 0.5) is 74.6 Å². The molecule has 0 amide bonds. The van der Waals surface area contributed by atoms with Gasteiger partial charge in [-0.2, -0.15) is 83.1 Å². The second-order valence-corrected chi connectivity index (χ2v) is 8.21. The Kier molecular flexibility index (Phi) is 9.17. The van der Waals surface area contributed by atoms with Gasteiger partial charge in [-0.05, 0) is 25.9 Å². The van der Waals surface area contributed by atoms with Gasteiger partial charge in [0.05, 0.1) is 0 Å². The number of halogens is 17. The Hall–Kier alpha value is -1.32. The average molecular weight is 585 g/mol. The van der Waals surface area contributed by atoms with E-state index in [9.17, 15) is 83.1 Å². The van der Waals surface area contributed by atoms with Gasteiger partial charge >= 0.3 is 57.1 Å². The minimum absolute atomic E-state index is 1.25. The molecular formula is C13H12F17NO3S. The summed E-state index contributed by atoms with van der Waals surface area (Å²) in [5.74, 6) is -52.0. The zero-order valence-electron chi connectivity index (χ0n) is 16.1. The lowest BCUT2D eigenvalue weighted by molar-refractivity contribution is -0.458. The van der Waals surface area contributed by atoms with Gasteiger partial charge in [-0.25, -0.2) is 0 Å². The molecule has 1 aliphatic heterocycles. The second-order valence-electron chi connectivity index (χ2n) is 6.75. The van der Waals surface area contributed by atoms with E-state index in [0.29, 0.717) is 0 Å². The van der Waals surface area contributed by atoms with Crippen LogP contribution in [0.1, 0.15) is 19.3 Å². The highest BCUT2D eigenvalue weighted by Gasteiger charge is 2.96. The lowest BCUT2D eigenvalue weighted by Gasteiger charge is -2.42. The number of alkyl halides is 17. The molecule has 0 atom stereocenters. The maximum absolute atomic E-state index is 13.0. The van der Waals surface area contributed by atoms with Crippen LogP contribution in [0.5, 0.6) is 0 Å². The van der Waals surface area contributed by atoms with Crippen LogP contribution in [0.25, 0.3) is 0 Å². The smallest absolute Gasteiger partial charge is 0.317 e. The van der Waals surface area contributed by atoms with E-state index in [1.54, 1.807) is 0 Å². The van der Waals surface area contributed by atoms with Crippen LogP contribution in [-0.2, 0) is 10.1 Å². The van der Waals surface area contributed by atoms with Gasteiger partial charge in [0.15, 0.2) is 0 Å². The highest BCUT2D eigenvalue weighted by Crippen LogP contribution is 2.64. The Morgan fingerprint density at radius 1 is 0.486 bits per heavy atom. The van der Waals surface area contributed by atoms with Gasteiger partial charge in [0, 0.05) is 0 Å². The zero-order chi connectivity index (χ0) is 28.7. The molecule has 2 N–H and O–H groups in total. The maximum atomic E-state index is 13.0. The van der Waals surface area contributed by atoms with Gasteiger partial charge in [-0.1, -0.05) is 6.42 Å². The number of piperidine rings is 1. The van der Waals surface area contributed by atoms with Crippen molar-refractivity contribution in [2.75, 3.05) is 13.1 Å². The second kappa shape index (κ2) is 9.53. The summed E-state index contributed by atoms with van der Waals surface area (Å²) in [6.07, 6.45) is -3.67. The summed E-state index contributed by atoms with van der Waals surface area (Å²) in [6, 6.07) is 0. The summed E-state index contributed by atoms with van der Waals surface area (Å²) in [5.41, 5.74) is 0. The molecule has 22 heteroatoms. The monoisotopic (exact) mass is 585 g/mol. The van der Waals surface area contributed by atoms with E-state index < -0.39 is 57.1 Å². The Morgan fingerprint density at radius 2 is 0.771 bits per heavy atom. The van der Waals surface area contributed by atoms with Crippen LogP contribution in [0.3, 0.4) is 0 Å². The molecule has 0 radical (unpaired) electrons. The highest BCUT2D eigenvalue weighted by atomic mass is 32.2. The molecule has 1 aliphatic rings. The fourth-order valence-corrected chi connectivity index (χ4v) is 2.57. The first-order chi connectivity index (χ1) is 15.0. The SMILES string of the molecule is C1CCNCC1.O=S(=O)(O)C(F)(F)C(F)(F)C(F)(F)C(F)(F)C(F)(F)C(F)(F)C(F)(F)C(F)(F)F. The Morgan fingerprint density at radius 3 is 0.971 bits per heavy atom. The van der Waals surface area contributed by atoms with E-state index in [2.05, 4.69) is 5.32 Å². The van der Waals surface area contributed by atoms with Crippen molar-refractivity contribution in [3.63, 3.8) is 0 Å². The van der Waals surface area contributed by atoms with Crippen LogP contribution in [0, 0.1) is 0 Å². The lowest BCUT2D eigenvalue weighted by Crippen LogP contribution is -2.74. The van der Waals surface area contributed by atoms with Crippen LogP contribution in [0.15, 0.2) is 0 Å². The lowest BCUT2D eigenvalue weighted by atomic mass is 9.91. The normalized spacial score (nSPS) is 18.1. The molecule has 1 rings (SSSR count). The molecule has 4 nitrogen and oxygen atoms in total. The molecule has 0 aliphatic carbocycles. The third-order valence-electron chi connectivity index (χ3n) is 4.22. The minimum Gasteiger partial charge on any atom is -0.317 e. The van der Waals surface area contributed by atoms with Gasteiger partial charge in [0.2, 0.25) is 0 Å². The van der Waals surface area contributed by atoms with Crippen molar-refractivity contribution in [2.24, 2.45) is 0 Å². The third kappa shape index (κ3) is 5.23. The van der Waals surface area contributed by atoms with Gasteiger partial charge in [-0.15, -0.1) is 0 Å². The third-order valence-corrected chi connectivity index (χ3v) is 5.13. The quantitative estimate of drug-likeness (QED) is 0.302. The first-order valence-corrected chi connectivity index (χ1v) is 9.83. The summed E-state index contributed by atoms with van der Waals surface area (Å²) >= 11 is 0. The minimum atomic E-state index is -8.89. The van der Waals surface area contributed by atoms with Crippen molar-refractivity contribution < 1.29 is 87.6 Å². The molecule has 0 spiro atoms. The Labute approximate surface area is 183 Å². The Bertz CT molecular complexity index is 821. The number of rotatable bonds is 7. The predicted molar refractivity (Wildman–Crippen MR) is 79.0 cm³/mol. The molecule has 0 saturated carbocycles. The predicted octanol–water partition coefficient (Wildman–Crippen LogP) is 5.60. The van der Waals surface area contributed by atoms with Crippen molar-refractivity contribution in [1.29, 1.82) is 0 Å². The molecule has 1 fully saturated rings. The van der Waals surface area contributed by atoms with Crippen molar-refractivity contribution in [2.45, 2.75) is 66.2 Å². The molecular weight excluding hydrogens is 573 g/mol. The molecule has 1 heterocycles. The summed E-state index contributed by atoms with van der Waals surface area (Å²) < 4.78 is 242. The standard InChI is InChI=1S/C8HF17O3S.C5H11N/c9-1(10,3(13,14)5(17,18)7(21,22)23)2(11,12)4(15,16)6(19,20)8(24,25)29(26,27)28;1-2-4-6-5-3-1/h(H,26,27,28);6H,1-5H2. The first-order valence-electron chi connectivity index (χ1n) is 8.39. The van der Waals surface area contributed by atoms with Crippen LogP contribution < -0.4 is 5.32 Å². The summed E-state index contributed by atoms with van der Waals surface area (Å²) in [5, 5.41) is -4.56. The van der Waals surface area contributed by atoms with Crippen LogP contribution >= 0.6 is 0 Å². The molecule has 1 saturated heterocycles. The summed E-state index contributed by atoms with van der Waals surface area (Å²) in [4.78, 5) is 0. The van der Waals surface area contributed by atoms with E-state index in [1.165, 1.54) is 32.4 Å². The van der Waals surface area contributed by atoms with E-state index in [0.717, 1.165) is 0 Å². The molecule has 35 heavy (non-hydrogen) atoms. The van der Waals surface area contributed by atoms with Gasteiger partial charge in [-0.3, -0.25) is 4.55 Å². The molecule has 0 aromatic heterocycles. The topological polar surface area (TPSA) is 66.4 Å². The molecule has 0 unspecified atom stereocenters. The van der Waals surface area contributed by atoms with Crippen molar-refractivity contribution >= 4 is 10.1 Å².